The molecule has 0 aliphatic heterocycles. The Morgan fingerprint density at radius 2 is 1.68 bits per heavy atom. The summed E-state index contributed by atoms with van der Waals surface area (Å²) in [4.78, 5) is 55.4. The first-order chi connectivity index (χ1) is 26.5. The Hall–Kier alpha value is -3.20. The van der Waals surface area contributed by atoms with Crippen LogP contribution in [0, 0.1) is 56.2 Å². The summed E-state index contributed by atoms with van der Waals surface area (Å²) in [5.41, 5.74) is 1.32. The highest BCUT2D eigenvalue weighted by atomic mass is 35.5. The third-order valence-corrected chi connectivity index (χ3v) is 16.8. The fraction of sp³-hybridized carbons (Fsp3) is 0.723. The SMILES string of the molecule is CCN(/C(=C\C=O)C1(CC=O)CC[C@]2(C)C(CCC3C4(C)CCC(OC(=O)CC(C)(C)C(=O)O)C(C)(C)C4CCC32C)/C1=C(/C)C(C)C)N(C)c1ccc(Cl)cn1. The van der Waals surface area contributed by atoms with E-state index in [1.54, 1.807) is 26.1 Å². The maximum absolute atomic E-state index is 13.2. The van der Waals surface area contributed by atoms with Crippen molar-refractivity contribution in [1.82, 2.24) is 9.99 Å². The molecular weight excluding hydrogens is 738 g/mol. The van der Waals surface area contributed by atoms with Crippen molar-refractivity contribution in [3.8, 4) is 0 Å². The number of aldehydes is 2. The molecule has 0 saturated heterocycles. The number of rotatable bonds is 13. The second kappa shape index (κ2) is 16.1. The van der Waals surface area contributed by atoms with Crippen molar-refractivity contribution in [3.63, 3.8) is 0 Å². The van der Waals surface area contributed by atoms with Crippen molar-refractivity contribution in [2.24, 2.45) is 56.2 Å². The second-order valence-corrected chi connectivity index (χ2v) is 20.7. The molecule has 0 radical (unpaired) electrons. The van der Waals surface area contributed by atoms with Crippen LogP contribution in [0.25, 0.3) is 0 Å². The van der Waals surface area contributed by atoms with Gasteiger partial charge in [-0.25, -0.2) is 4.98 Å². The van der Waals surface area contributed by atoms with Crippen LogP contribution in [0.1, 0.15) is 140 Å². The van der Waals surface area contributed by atoms with Gasteiger partial charge in [0.25, 0.3) is 0 Å². The number of hydrogen-bond donors (Lipinski definition) is 1. The standard InChI is InChI=1S/C47H70ClN3O6/c1-13-51(50(12)38-17-14-32(48)29-49-38)36(20-26-52)47(25-27-53)24-23-45(10)33(40(47)31(4)30(2)3)15-16-35-44(9)21-19-37(57-39(54)28-42(5,6)41(55)56)43(7,8)34(44)18-22-46(35,45)11/h14,17,20,26-27,29-30,33-35,37H,13,15-16,18-19,21-25,28H2,1-12H3,(H,55,56)/b36-20-,40-31+/t33?,34?,35?,37?,44?,45-,46?,47?/m1/s1. The molecule has 4 aliphatic carbocycles. The predicted molar refractivity (Wildman–Crippen MR) is 226 cm³/mol. The zero-order valence-electron chi connectivity index (χ0n) is 36.8. The lowest BCUT2D eigenvalue weighted by atomic mass is 9.32. The Morgan fingerprint density at radius 3 is 2.25 bits per heavy atom. The Morgan fingerprint density at radius 1 is 1.00 bits per heavy atom. The van der Waals surface area contributed by atoms with E-state index in [0.717, 1.165) is 69.6 Å². The van der Waals surface area contributed by atoms with Gasteiger partial charge in [0.15, 0.2) is 0 Å². The number of fused-ring (bicyclic) bond motifs is 5. The molecule has 7 unspecified atom stereocenters. The van der Waals surface area contributed by atoms with Crippen LogP contribution in [0.2, 0.25) is 5.02 Å². The van der Waals surface area contributed by atoms with Gasteiger partial charge < -0.3 is 14.6 Å². The van der Waals surface area contributed by atoms with E-state index >= 15 is 0 Å². The molecule has 1 aromatic rings. The van der Waals surface area contributed by atoms with Crippen LogP contribution < -0.4 is 5.01 Å². The van der Waals surface area contributed by atoms with E-state index in [9.17, 15) is 24.3 Å². The van der Waals surface area contributed by atoms with E-state index < -0.39 is 22.8 Å². The number of anilines is 1. The fourth-order valence-electron chi connectivity index (χ4n) is 13.1. The summed E-state index contributed by atoms with van der Waals surface area (Å²) in [5, 5.41) is 14.3. The van der Waals surface area contributed by atoms with Crippen molar-refractivity contribution in [2.75, 3.05) is 18.6 Å². The fourth-order valence-corrected chi connectivity index (χ4v) is 13.2. The Balaban J connectivity index is 1.55. The number of nitrogens with zero attached hydrogens (tertiary/aromatic N) is 3. The van der Waals surface area contributed by atoms with Crippen LogP contribution in [-0.2, 0) is 23.9 Å². The van der Waals surface area contributed by atoms with E-state index in [-0.39, 0.29) is 52.4 Å². The smallest absolute Gasteiger partial charge is 0.309 e. The monoisotopic (exact) mass is 807 g/mol. The summed E-state index contributed by atoms with van der Waals surface area (Å²) in [5.74, 6) is 0.509. The third kappa shape index (κ3) is 7.39. The van der Waals surface area contributed by atoms with E-state index in [2.05, 4.69) is 72.3 Å². The van der Waals surface area contributed by atoms with Gasteiger partial charge in [-0.1, -0.05) is 71.2 Å². The van der Waals surface area contributed by atoms with Crippen LogP contribution >= 0.6 is 11.6 Å². The van der Waals surface area contributed by atoms with E-state index in [1.165, 1.54) is 11.1 Å². The topological polar surface area (TPSA) is 117 Å². The van der Waals surface area contributed by atoms with Gasteiger partial charge in [-0.05, 0) is 137 Å². The average molecular weight is 809 g/mol. The molecule has 1 N–H and O–H groups in total. The van der Waals surface area contributed by atoms with Gasteiger partial charge in [0.2, 0.25) is 0 Å². The number of aromatic nitrogens is 1. The Kier molecular flexibility index (Phi) is 12.7. The van der Waals surface area contributed by atoms with Gasteiger partial charge in [-0.2, -0.15) is 0 Å². The lowest BCUT2D eigenvalue weighted by Gasteiger charge is -2.72. The first-order valence-corrected chi connectivity index (χ1v) is 21.8. The van der Waals surface area contributed by atoms with Gasteiger partial charge in [-0.15, -0.1) is 0 Å². The van der Waals surface area contributed by atoms with Crippen LogP contribution in [0.4, 0.5) is 5.82 Å². The molecule has 0 bridgehead atoms. The Bertz CT molecular complexity index is 1770. The molecule has 0 aromatic carbocycles. The number of carboxylic acids is 1. The van der Waals surface area contributed by atoms with E-state index in [4.69, 9.17) is 16.3 Å². The molecular formula is C47H70ClN3O6. The molecule has 10 heteroatoms. The van der Waals surface area contributed by atoms with Crippen molar-refractivity contribution in [1.29, 1.82) is 0 Å². The maximum atomic E-state index is 13.2. The number of aliphatic carboxylic acids is 1. The molecule has 1 heterocycles. The Labute approximate surface area is 347 Å². The maximum Gasteiger partial charge on any atom is 0.309 e. The first kappa shape index (κ1) is 44.9. The molecule has 316 valence electrons. The largest absolute Gasteiger partial charge is 0.481 e. The summed E-state index contributed by atoms with van der Waals surface area (Å²) >= 11 is 6.23. The summed E-state index contributed by atoms with van der Waals surface area (Å²) < 4.78 is 6.20. The lowest BCUT2D eigenvalue weighted by molar-refractivity contribution is -0.233. The number of allylic oxidation sites excluding steroid dienone is 3. The van der Waals surface area contributed by atoms with Crippen molar-refractivity contribution < 1.29 is 29.0 Å². The number of hydrogen-bond acceptors (Lipinski definition) is 8. The third-order valence-electron chi connectivity index (χ3n) is 16.6. The number of esters is 1. The minimum atomic E-state index is -1.18. The number of carbonyl (C=O) groups excluding carboxylic acids is 3. The highest BCUT2D eigenvalue weighted by Crippen LogP contribution is 2.76. The summed E-state index contributed by atoms with van der Waals surface area (Å²) in [6.45, 7) is 24.7. The lowest BCUT2D eigenvalue weighted by Crippen LogP contribution is -2.66. The quantitative estimate of drug-likeness (QED) is 0.0683. The number of pyridine rings is 1. The van der Waals surface area contributed by atoms with Gasteiger partial charge in [0.1, 0.15) is 24.5 Å². The molecule has 4 fully saturated rings. The molecule has 5 rings (SSSR count). The van der Waals surface area contributed by atoms with Crippen LogP contribution in [0.5, 0.6) is 0 Å². The first-order valence-electron chi connectivity index (χ1n) is 21.4. The average Bonchev–Trinajstić information content (AvgIpc) is 3.13. The number of halogens is 1. The number of carbonyl (C=O) groups is 4. The summed E-state index contributed by atoms with van der Waals surface area (Å²) in [6.07, 6.45) is 12.7. The molecule has 8 atom stereocenters. The molecule has 0 spiro atoms. The second-order valence-electron chi connectivity index (χ2n) is 20.3. The van der Waals surface area contributed by atoms with Crippen LogP contribution in [0.3, 0.4) is 0 Å². The minimum Gasteiger partial charge on any atom is -0.481 e. The number of carboxylic acid groups (broad SMARTS) is 1. The van der Waals surface area contributed by atoms with Gasteiger partial charge in [0.05, 0.1) is 16.9 Å². The highest BCUT2D eigenvalue weighted by Gasteiger charge is 2.69. The molecule has 1 aromatic heterocycles. The number of hydrazine groups is 1. The normalized spacial score (nSPS) is 34.6. The van der Waals surface area contributed by atoms with Crippen LogP contribution in [0.15, 0.2) is 41.2 Å². The summed E-state index contributed by atoms with van der Waals surface area (Å²) in [6, 6.07) is 3.69. The van der Waals surface area contributed by atoms with Gasteiger partial charge >= 0.3 is 11.9 Å². The highest BCUT2D eigenvalue weighted by molar-refractivity contribution is 6.30. The van der Waals surface area contributed by atoms with Crippen molar-refractivity contribution in [2.45, 2.75) is 146 Å². The van der Waals surface area contributed by atoms with Gasteiger partial charge in [0, 0.05) is 42.7 Å². The molecule has 9 nitrogen and oxygen atoms in total. The van der Waals surface area contributed by atoms with Crippen LogP contribution in [-0.4, -0.2) is 59.3 Å². The predicted octanol–water partition coefficient (Wildman–Crippen LogP) is 10.5. The number of ether oxygens (including phenoxy) is 1. The summed E-state index contributed by atoms with van der Waals surface area (Å²) in [7, 11) is 1.96. The van der Waals surface area contributed by atoms with E-state index in [0.29, 0.717) is 29.2 Å². The molecule has 0 amide bonds. The zero-order valence-corrected chi connectivity index (χ0v) is 37.6. The molecule has 4 saturated carbocycles. The van der Waals surface area contributed by atoms with Gasteiger partial charge in [-0.3, -0.25) is 24.4 Å². The molecule has 4 aliphatic rings. The zero-order chi connectivity index (χ0) is 42.5. The minimum absolute atomic E-state index is 0.00508. The van der Waals surface area contributed by atoms with Crippen molar-refractivity contribution >= 4 is 41.9 Å². The molecule has 57 heavy (non-hydrogen) atoms. The van der Waals surface area contributed by atoms with Crippen molar-refractivity contribution in [3.05, 3.63) is 46.3 Å². The van der Waals surface area contributed by atoms with E-state index in [1.807, 2.05) is 24.2 Å².